The fraction of sp³-hybridized carbons (Fsp3) is 0.267. The lowest BCUT2D eigenvalue weighted by Crippen LogP contribution is -2.10. The molecule has 1 heterocycles. The molecule has 0 radical (unpaired) electrons. The van der Waals surface area contributed by atoms with Crippen molar-refractivity contribution in [1.29, 1.82) is 0 Å². The second-order valence-electron chi connectivity index (χ2n) is 4.26. The first-order valence-corrected chi connectivity index (χ1v) is 6.21. The van der Waals surface area contributed by atoms with E-state index in [1.165, 1.54) is 0 Å². The Hall–Kier alpha value is -2.23. The molecule has 0 aliphatic heterocycles. The summed E-state index contributed by atoms with van der Waals surface area (Å²) in [6.07, 6.45) is 0. The van der Waals surface area contributed by atoms with Crippen LogP contribution >= 0.6 is 0 Å². The van der Waals surface area contributed by atoms with E-state index in [9.17, 15) is 4.79 Å². The fourth-order valence-corrected chi connectivity index (χ4v) is 1.68. The van der Waals surface area contributed by atoms with Crippen molar-refractivity contribution in [1.82, 2.24) is 0 Å². The molecular formula is C15H17NO3. The Morgan fingerprint density at radius 3 is 2.47 bits per heavy atom. The van der Waals surface area contributed by atoms with Crippen molar-refractivity contribution in [2.24, 2.45) is 0 Å². The van der Waals surface area contributed by atoms with Crippen LogP contribution in [0.1, 0.15) is 28.8 Å². The van der Waals surface area contributed by atoms with E-state index in [1.807, 2.05) is 32.9 Å². The van der Waals surface area contributed by atoms with Gasteiger partial charge in [0.05, 0.1) is 6.61 Å². The summed E-state index contributed by atoms with van der Waals surface area (Å²) in [7, 11) is 0. The van der Waals surface area contributed by atoms with Gasteiger partial charge in [-0.05, 0) is 56.7 Å². The van der Waals surface area contributed by atoms with Crippen molar-refractivity contribution in [3.05, 3.63) is 47.4 Å². The monoisotopic (exact) mass is 259 g/mol. The van der Waals surface area contributed by atoms with Crippen molar-refractivity contribution in [2.75, 3.05) is 11.9 Å². The molecule has 0 aliphatic rings. The molecule has 0 saturated carbocycles. The number of furan rings is 1. The van der Waals surface area contributed by atoms with Gasteiger partial charge in [-0.3, -0.25) is 4.79 Å². The van der Waals surface area contributed by atoms with Crippen LogP contribution in [0.5, 0.6) is 5.75 Å². The summed E-state index contributed by atoms with van der Waals surface area (Å²) in [5.74, 6) is 1.62. The van der Waals surface area contributed by atoms with Crippen molar-refractivity contribution in [2.45, 2.75) is 20.8 Å². The van der Waals surface area contributed by atoms with E-state index < -0.39 is 0 Å². The third kappa shape index (κ3) is 3.16. The van der Waals surface area contributed by atoms with Crippen LogP contribution in [0.25, 0.3) is 0 Å². The number of carbonyl (C=O) groups is 1. The van der Waals surface area contributed by atoms with Crippen LogP contribution in [0, 0.1) is 13.8 Å². The Balaban J connectivity index is 2.06. The first-order valence-electron chi connectivity index (χ1n) is 6.21. The molecule has 2 rings (SSSR count). The quantitative estimate of drug-likeness (QED) is 0.913. The molecule has 1 N–H and O–H groups in total. The number of aryl methyl sites for hydroxylation is 2. The lowest BCUT2D eigenvalue weighted by Gasteiger charge is -2.05. The zero-order chi connectivity index (χ0) is 13.8. The second kappa shape index (κ2) is 5.61. The lowest BCUT2D eigenvalue weighted by molar-refractivity contribution is 0.0995. The van der Waals surface area contributed by atoms with Gasteiger partial charge in [0, 0.05) is 5.69 Å². The van der Waals surface area contributed by atoms with Crippen LogP contribution in [0.4, 0.5) is 5.69 Å². The van der Waals surface area contributed by atoms with Gasteiger partial charge in [-0.25, -0.2) is 0 Å². The Bertz CT molecular complexity index is 550. The first-order chi connectivity index (χ1) is 9.10. The number of benzene rings is 1. The number of ether oxygens (including phenoxy) is 1. The van der Waals surface area contributed by atoms with E-state index in [-0.39, 0.29) is 5.91 Å². The van der Waals surface area contributed by atoms with Crippen LogP contribution in [-0.4, -0.2) is 12.5 Å². The average Bonchev–Trinajstić information content (AvgIpc) is 2.72. The zero-order valence-electron chi connectivity index (χ0n) is 11.3. The summed E-state index contributed by atoms with van der Waals surface area (Å²) < 4.78 is 10.7. The second-order valence-corrected chi connectivity index (χ2v) is 4.26. The van der Waals surface area contributed by atoms with E-state index >= 15 is 0 Å². The summed E-state index contributed by atoms with van der Waals surface area (Å²) >= 11 is 0. The summed E-state index contributed by atoms with van der Waals surface area (Å²) in [6.45, 7) is 6.30. The summed E-state index contributed by atoms with van der Waals surface area (Å²) in [5.41, 5.74) is 1.68. The number of anilines is 1. The zero-order valence-corrected chi connectivity index (χ0v) is 11.3. The third-order valence-electron chi connectivity index (χ3n) is 2.81. The molecule has 19 heavy (non-hydrogen) atoms. The molecule has 0 bridgehead atoms. The van der Waals surface area contributed by atoms with E-state index in [4.69, 9.17) is 9.15 Å². The first kappa shape index (κ1) is 13.2. The SMILES string of the molecule is CCOc1ccc(NC(=O)c2cc(C)c(C)o2)cc1. The Labute approximate surface area is 112 Å². The van der Waals surface area contributed by atoms with Gasteiger partial charge in [-0.15, -0.1) is 0 Å². The fourth-order valence-electron chi connectivity index (χ4n) is 1.68. The molecule has 0 unspecified atom stereocenters. The smallest absolute Gasteiger partial charge is 0.291 e. The van der Waals surface area contributed by atoms with Crippen LogP contribution < -0.4 is 10.1 Å². The van der Waals surface area contributed by atoms with Crippen LogP contribution in [0.3, 0.4) is 0 Å². The minimum atomic E-state index is -0.250. The standard InChI is InChI=1S/C15H17NO3/c1-4-18-13-7-5-12(6-8-13)16-15(17)14-9-10(2)11(3)19-14/h5-9H,4H2,1-3H3,(H,16,17). The van der Waals surface area contributed by atoms with E-state index in [0.717, 1.165) is 17.1 Å². The number of hydrogen-bond donors (Lipinski definition) is 1. The molecule has 1 aromatic carbocycles. The highest BCUT2D eigenvalue weighted by Gasteiger charge is 2.12. The van der Waals surface area contributed by atoms with Gasteiger partial charge in [-0.1, -0.05) is 0 Å². The summed E-state index contributed by atoms with van der Waals surface area (Å²) in [5, 5.41) is 2.78. The molecule has 4 nitrogen and oxygen atoms in total. The van der Waals surface area contributed by atoms with Gasteiger partial charge >= 0.3 is 0 Å². The van der Waals surface area contributed by atoms with Gasteiger partial charge < -0.3 is 14.5 Å². The Morgan fingerprint density at radius 1 is 1.26 bits per heavy atom. The summed E-state index contributed by atoms with van der Waals surface area (Å²) in [4.78, 5) is 12.0. The number of hydrogen-bond acceptors (Lipinski definition) is 3. The van der Waals surface area contributed by atoms with Crippen molar-refractivity contribution >= 4 is 11.6 Å². The normalized spacial score (nSPS) is 10.3. The maximum atomic E-state index is 12.0. The lowest BCUT2D eigenvalue weighted by atomic mass is 10.2. The Kier molecular flexibility index (Phi) is 3.90. The van der Waals surface area contributed by atoms with Gasteiger partial charge in [-0.2, -0.15) is 0 Å². The number of nitrogens with one attached hydrogen (secondary N) is 1. The summed E-state index contributed by atoms with van der Waals surface area (Å²) in [6, 6.07) is 8.96. The maximum absolute atomic E-state index is 12.0. The number of carbonyl (C=O) groups excluding carboxylic acids is 1. The highest BCUT2D eigenvalue weighted by atomic mass is 16.5. The highest BCUT2D eigenvalue weighted by molar-refractivity contribution is 6.02. The van der Waals surface area contributed by atoms with Gasteiger partial charge in [0.2, 0.25) is 0 Å². The number of amides is 1. The van der Waals surface area contributed by atoms with E-state index in [0.29, 0.717) is 18.1 Å². The van der Waals surface area contributed by atoms with Crippen molar-refractivity contribution < 1.29 is 13.9 Å². The van der Waals surface area contributed by atoms with Crippen molar-refractivity contribution in [3.63, 3.8) is 0 Å². The molecule has 0 aliphatic carbocycles. The molecule has 0 fully saturated rings. The van der Waals surface area contributed by atoms with Crippen LogP contribution in [0.2, 0.25) is 0 Å². The van der Waals surface area contributed by atoms with Crippen LogP contribution in [-0.2, 0) is 0 Å². The minimum absolute atomic E-state index is 0.250. The van der Waals surface area contributed by atoms with Crippen LogP contribution in [0.15, 0.2) is 34.7 Å². The van der Waals surface area contributed by atoms with E-state index in [2.05, 4.69) is 5.32 Å². The predicted molar refractivity (Wildman–Crippen MR) is 73.7 cm³/mol. The molecule has 0 spiro atoms. The maximum Gasteiger partial charge on any atom is 0.291 e. The Morgan fingerprint density at radius 2 is 1.95 bits per heavy atom. The van der Waals surface area contributed by atoms with Gasteiger partial charge in [0.25, 0.3) is 5.91 Å². The third-order valence-corrected chi connectivity index (χ3v) is 2.81. The molecule has 1 aromatic heterocycles. The highest BCUT2D eigenvalue weighted by Crippen LogP contribution is 2.18. The molecule has 100 valence electrons. The largest absolute Gasteiger partial charge is 0.494 e. The van der Waals surface area contributed by atoms with Gasteiger partial charge in [0.15, 0.2) is 5.76 Å². The molecule has 1 amide bonds. The van der Waals surface area contributed by atoms with E-state index in [1.54, 1.807) is 18.2 Å². The van der Waals surface area contributed by atoms with Gasteiger partial charge in [0.1, 0.15) is 11.5 Å². The van der Waals surface area contributed by atoms with Crippen molar-refractivity contribution in [3.8, 4) is 5.75 Å². The topological polar surface area (TPSA) is 51.5 Å². The molecule has 0 saturated heterocycles. The predicted octanol–water partition coefficient (Wildman–Crippen LogP) is 3.55. The molecule has 2 aromatic rings. The minimum Gasteiger partial charge on any atom is -0.494 e. The molecule has 4 heteroatoms. The number of rotatable bonds is 4. The average molecular weight is 259 g/mol. The molecule has 0 atom stereocenters. The molecular weight excluding hydrogens is 242 g/mol.